The van der Waals surface area contributed by atoms with Crippen LogP contribution < -0.4 is 10.2 Å². The van der Waals surface area contributed by atoms with Crippen LogP contribution in [0.1, 0.15) is 25.8 Å². The van der Waals surface area contributed by atoms with Gasteiger partial charge in [0.15, 0.2) is 5.16 Å². The molecule has 5 nitrogen and oxygen atoms in total. The van der Waals surface area contributed by atoms with E-state index >= 15 is 0 Å². The highest BCUT2D eigenvalue weighted by Gasteiger charge is 2.23. The lowest BCUT2D eigenvalue weighted by molar-refractivity contribution is -0.118. The minimum absolute atomic E-state index is 0.00641. The highest BCUT2D eigenvalue weighted by atomic mass is 32.2. The van der Waals surface area contributed by atoms with Crippen LogP contribution in [0.25, 0.3) is 0 Å². The quantitative estimate of drug-likeness (QED) is 0.624. The maximum atomic E-state index is 12.1. The molecule has 6 heteroatoms. The highest BCUT2D eigenvalue weighted by molar-refractivity contribution is 7.99. The molecular weight excluding hydrogens is 344 g/mol. The van der Waals surface area contributed by atoms with Crippen molar-refractivity contribution in [1.29, 1.82) is 0 Å². The summed E-state index contributed by atoms with van der Waals surface area (Å²) in [5, 5.41) is 3.59. The van der Waals surface area contributed by atoms with Gasteiger partial charge in [-0.3, -0.25) is 4.79 Å². The molecule has 0 bridgehead atoms. The summed E-state index contributed by atoms with van der Waals surface area (Å²) in [6, 6.07) is 11.9. The van der Waals surface area contributed by atoms with Crippen LogP contribution in [0.5, 0.6) is 0 Å². The molecule has 1 amide bonds. The Bertz CT molecular complexity index is 715. The molecule has 1 aromatic heterocycles. The van der Waals surface area contributed by atoms with Crippen molar-refractivity contribution in [2.24, 2.45) is 11.8 Å². The van der Waals surface area contributed by atoms with Crippen LogP contribution in [0.3, 0.4) is 0 Å². The first-order valence-electron chi connectivity index (χ1n) is 9.11. The molecule has 0 radical (unpaired) electrons. The number of thioether (sulfide) groups is 1. The van der Waals surface area contributed by atoms with Crippen LogP contribution >= 0.6 is 11.8 Å². The van der Waals surface area contributed by atoms with E-state index in [1.807, 2.05) is 36.4 Å². The zero-order chi connectivity index (χ0) is 18.4. The molecule has 0 saturated carbocycles. The van der Waals surface area contributed by atoms with E-state index in [0.29, 0.717) is 29.3 Å². The van der Waals surface area contributed by atoms with Crippen molar-refractivity contribution in [2.75, 3.05) is 23.7 Å². The zero-order valence-electron chi connectivity index (χ0n) is 15.4. The van der Waals surface area contributed by atoms with Crippen molar-refractivity contribution in [3.63, 3.8) is 0 Å². The predicted octanol–water partition coefficient (Wildman–Crippen LogP) is 3.37. The summed E-state index contributed by atoms with van der Waals surface area (Å²) in [6.07, 6.45) is 3.06. The fraction of sp³-hybridized carbons (Fsp3) is 0.450. The van der Waals surface area contributed by atoms with Crippen LogP contribution in [0, 0.1) is 11.8 Å². The largest absolute Gasteiger partial charge is 0.356 e. The Hall–Kier alpha value is -2.08. The van der Waals surface area contributed by atoms with Gasteiger partial charge < -0.3 is 10.2 Å². The molecule has 1 fully saturated rings. The number of anilines is 1. The molecule has 1 aromatic carbocycles. The summed E-state index contributed by atoms with van der Waals surface area (Å²) in [7, 11) is 0. The fourth-order valence-corrected chi connectivity index (χ4v) is 4.06. The molecular formula is C20H26N4OS. The van der Waals surface area contributed by atoms with Crippen LogP contribution in [0.4, 0.5) is 5.82 Å². The first-order chi connectivity index (χ1) is 12.6. The SMILES string of the molecule is C[C@@H]1C[C@@H](C)CN(c2ccnc(SCC(=O)NCc3ccccc3)n2)C1. The Balaban J connectivity index is 1.51. The smallest absolute Gasteiger partial charge is 0.230 e. The monoisotopic (exact) mass is 370 g/mol. The van der Waals surface area contributed by atoms with Crippen molar-refractivity contribution < 1.29 is 4.79 Å². The van der Waals surface area contributed by atoms with Crippen molar-refractivity contribution in [2.45, 2.75) is 32.0 Å². The number of hydrogen-bond acceptors (Lipinski definition) is 5. The Morgan fingerprint density at radius 2 is 1.92 bits per heavy atom. The van der Waals surface area contributed by atoms with Gasteiger partial charge >= 0.3 is 0 Å². The average Bonchev–Trinajstić information content (AvgIpc) is 2.65. The second-order valence-corrected chi connectivity index (χ2v) is 8.04. The molecule has 2 aromatic rings. The summed E-state index contributed by atoms with van der Waals surface area (Å²) < 4.78 is 0. The van der Waals surface area contributed by atoms with Gasteiger partial charge in [-0.1, -0.05) is 55.9 Å². The van der Waals surface area contributed by atoms with Crippen molar-refractivity contribution in [3.05, 3.63) is 48.2 Å². The summed E-state index contributed by atoms with van der Waals surface area (Å²) in [6.45, 7) is 7.18. The molecule has 0 aliphatic carbocycles. The molecule has 1 saturated heterocycles. The second kappa shape index (κ2) is 9.03. The molecule has 138 valence electrons. The number of carbonyl (C=O) groups excluding carboxylic acids is 1. The van der Waals surface area contributed by atoms with Crippen molar-refractivity contribution in [1.82, 2.24) is 15.3 Å². The van der Waals surface area contributed by atoms with E-state index < -0.39 is 0 Å². The van der Waals surface area contributed by atoms with Crippen LogP contribution in [-0.2, 0) is 11.3 Å². The van der Waals surface area contributed by atoms with Gasteiger partial charge in [-0.05, 0) is 29.9 Å². The van der Waals surface area contributed by atoms with Gasteiger partial charge in [-0.15, -0.1) is 0 Å². The van der Waals surface area contributed by atoms with Gasteiger partial charge in [0.25, 0.3) is 0 Å². The number of benzene rings is 1. The van der Waals surface area contributed by atoms with Gasteiger partial charge in [0, 0.05) is 25.8 Å². The Kier molecular flexibility index (Phi) is 6.50. The van der Waals surface area contributed by atoms with Gasteiger partial charge in [0.2, 0.25) is 5.91 Å². The van der Waals surface area contributed by atoms with E-state index in [1.54, 1.807) is 6.20 Å². The Labute approximate surface area is 159 Å². The number of piperidine rings is 1. The summed E-state index contributed by atoms with van der Waals surface area (Å²) >= 11 is 1.38. The molecule has 2 heterocycles. The number of amides is 1. The minimum Gasteiger partial charge on any atom is -0.356 e. The first-order valence-corrected chi connectivity index (χ1v) is 10.1. The van der Waals surface area contributed by atoms with E-state index in [-0.39, 0.29) is 5.91 Å². The summed E-state index contributed by atoms with van der Waals surface area (Å²) in [5.74, 6) is 2.63. The van der Waals surface area contributed by atoms with Crippen LogP contribution in [0.2, 0.25) is 0 Å². The van der Waals surface area contributed by atoms with E-state index in [1.165, 1.54) is 18.2 Å². The lowest BCUT2D eigenvalue weighted by atomic mass is 9.92. The predicted molar refractivity (Wildman–Crippen MR) is 106 cm³/mol. The highest BCUT2D eigenvalue weighted by Crippen LogP contribution is 2.26. The second-order valence-electron chi connectivity index (χ2n) is 7.10. The summed E-state index contributed by atoms with van der Waals surface area (Å²) in [4.78, 5) is 23.4. The molecule has 0 unspecified atom stereocenters. The average molecular weight is 371 g/mol. The molecule has 0 spiro atoms. The number of nitrogens with zero attached hydrogens (tertiary/aromatic N) is 3. The van der Waals surface area contributed by atoms with Gasteiger partial charge in [0.1, 0.15) is 5.82 Å². The van der Waals surface area contributed by atoms with Gasteiger partial charge in [-0.25, -0.2) is 9.97 Å². The minimum atomic E-state index is -0.00641. The molecule has 1 N–H and O–H groups in total. The lowest BCUT2D eigenvalue weighted by Crippen LogP contribution is -2.39. The maximum Gasteiger partial charge on any atom is 0.230 e. The number of hydrogen-bond donors (Lipinski definition) is 1. The summed E-state index contributed by atoms with van der Waals surface area (Å²) in [5.41, 5.74) is 1.09. The molecule has 26 heavy (non-hydrogen) atoms. The lowest BCUT2D eigenvalue weighted by Gasteiger charge is -2.35. The Morgan fingerprint density at radius 1 is 1.19 bits per heavy atom. The number of rotatable bonds is 6. The third-order valence-corrected chi connectivity index (χ3v) is 5.34. The van der Waals surface area contributed by atoms with E-state index in [2.05, 4.69) is 34.0 Å². The van der Waals surface area contributed by atoms with E-state index in [4.69, 9.17) is 0 Å². The van der Waals surface area contributed by atoms with Gasteiger partial charge in [-0.2, -0.15) is 0 Å². The Morgan fingerprint density at radius 3 is 2.65 bits per heavy atom. The molecule has 3 rings (SSSR count). The first kappa shape index (κ1) is 18.7. The molecule has 1 aliphatic rings. The zero-order valence-corrected chi connectivity index (χ0v) is 16.2. The third-order valence-electron chi connectivity index (χ3n) is 4.48. The number of carbonyl (C=O) groups is 1. The number of aromatic nitrogens is 2. The molecule has 2 atom stereocenters. The standard InChI is InChI=1S/C20H26N4OS/c1-15-10-16(2)13-24(12-15)18-8-9-21-20(23-18)26-14-19(25)22-11-17-6-4-3-5-7-17/h3-9,15-16H,10-14H2,1-2H3,(H,22,25)/t15-,16-/m1/s1. The fourth-order valence-electron chi connectivity index (χ4n) is 3.41. The third kappa shape index (κ3) is 5.46. The van der Waals surface area contributed by atoms with E-state index in [9.17, 15) is 4.79 Å². The van der Waals surface area contributed by atoms with Crippen molar-refractivity contribution in [3.8, 4) is 0 Å². The number of nitrogens with one attached hydrogen (secondary N) is 1. The maximum absolute atomic E-state index is 12.1. The van der Waals surface area contributed by atoms with Gasteiger partial charge in [0.05, 0.1) is 5.75 Å². The van der Waals surface area contributed by atoms with Crippen LogP contribution in [-0.4, -0.2) is 34.7 Å². The van der Waals surface area contributed by atoms with Crippen LogP contribution in [0.15, 0.2) is 47.8 Å². The van der Waals surface area contributed by atoms with Crippen molar-refractivity contribution >= 4 is 23.5 Å². The van der Waals surface area contributed by atoms with E-state index in [0.717, 1.165) is 24.5 Å². The topological polar surface area (TPSA) is 58.1 Å². The normalized spacial score (nSPS) is 20.0. The molecule has 1 aliphatic heterocycles.